The van der Waals surface area contributed by atoms with Crippen molar-refractivity contribution in [3.8, 4) is 0 Å². The van der Waals surface area contributed by atoms with Crippen LogP contribution < -0.4 is 0 Å². The van der Waals surface area contributed by atoms with Crippen molar-refractivity contribution in [1.29, 1.82) is 0 Å². The maximum atomic E-state index is 12.8. The zero-order chi connectivity index (χ0) is 18.7. The minimum absolute atomic E-state index is 0.247. The molecular weight excluding hydrogens is 371 g/mol. The molecule has 0 aromatic heterocycles. The first kappa shape index (κ1) is 18.2. The summed E-state index contributed by atoms with van der Waals surface area (Å²) in [6.45, 7) is 7.93. The zero-order valence-electron chi connectivity index (χ0n) is 13.7. The first-order chi connectivity index (χ1) is 12.5. The maximum Gasteiger partial charge on any atom is 0.324 e. The number of ketones is 1. The molecule has 130 valence electrons. The van der Waals surface area contributed by atoms with Crippen molar-refractivity contribution in [3.05, 3.63) is 92.9 Å². The van der Waals surface area contributed by atoms with Crippen LogP contribution in [0.15, 0.2) is 60.3 Å². The highest BCUT2D eigenvalue weighted by molar-refractivity contribution is 6.31. The quantitative estimate of drug-likeness (QED) is 0.555. The third-order valence-electron chi connectivity index (χ3n) is 4.14. The van der Waals surface area contributed by atoms with Gasteiger partial charge in [-0.25, -0.2) is 6.57 Å². The Kier molecular flexibility index (Phi) is 5.41. The molecule has 0 aliphatic carbocycles. The number of hydrogen-bond acceptors (Lipinski definition) is 2. The average Bonchev–Trinajstić information content (AvgIpc) is 3.12. The van der Waals surface area contributed by atoms with Gasteiger partial charge >= 0.3 is 6.04 Å². The van der Waals surface area contributed by atoms with Gasteiger partial charge in [0.05, 0.1) is 0 Å². The largest absolute Gasteiger partial charge is 0.324 e. The summed E-state index contributed by atoms with van der Waals surface area (Å²) in [6.07, 6.45) is 2.39. The molecular formula is C20H14Cl2N2O2. The summed E-state index contributed by atoms with van der Waals surface area (Å²) in [5.74, 6) is -0.596. The van der Waals surface area contributed by atoms with E-state index in [1.165, 1.54) is 4.90 Å². The number of carbonyl (C=O) groups excluding carboxylic acids is 2. The fourth-order valence-electron chi connectivity index (χ4n) is 2.84. The van der Waals surface area contributed by atoms with Gasteiger partial charge in [-0.3, -0.25) is 14.4 Å². The van der Waals surface area contributed by atoms with Crippen molar-refractivity contribution in [2.24, 2.45) is 0 Å². The molecule has 0 bridgehead atoms. The van der Waals surface area contributed by atoms with Crippen LogP contribution in [0.1, 0.15) is 27.1 Å². The Hall–Kier alpha value is -2.61. The van der Waals surface area contributed by atoms with E-state index in [1.54, 1.807) is 54.6 Å². The molecule has 0 saturated carbocycles. The van der Waals surface area contributed by atoms with Crippen LogP contribution in [-0.4, -0.2) is 29.2 Å². The minimum atomic E-state index is -1.06. The molecule has 1 unspecified atom stereocenters. The molecule has 1 aliphatic rings. The number of carbonyl (C=O) groups is 2. The predicted octanol–water partition coefficient (Wildman–Crippen LogP) is 4.89. The molecule has 1 aliphatic heterocycles. The molecule has 6 heteroatoms. The summed E-state index contributed by atoms with van der Waals surface area (Å²) in [5, 5.41) is 1.05. The molecule has 0 spiro atoms. The maximum absolute atomic E-state index is 12.8. The number of Topliss-reactive ketones (excluding diaryl/α,β-unsaturated/α-hetero) is 1. The Balaban J connectivity index is 1.86. The van der Waals surface area contributed by atoms with Gasteiger partial charge in [-0.05, 0) is 55.0 Å². The normalized spacial score (nSPS) is 14.5. The predicted molar refractivity (Wildman–Crippen MR) is 101 cm³/mol. The van der Waals surface area contributed by atoms with Crippen molar-refractivity contribution in [2.45, 2.75) is 12.5 Å². The highest BCUT2D eigenvalue weighted by Gasteiger charge is 2.37. The van der Waals surface area contributed by atoms with Gasteiger partial charge in [0.15, 0.2) is 0 Å². The Labute approximate surface area is 161 Å². The fourth-order valence-corrected chi connectivity index (χ4v) is 3.09. The first-order valence-electron chi connectivity index (χ1n) is 7.95. The molecule has 1 heterocycles. The molecule has 1 amide bonds. The summed E-state index contributed by atoms with van der Waals surface area (Å²) >= 11 is 11.7. The minimum Gasteiger partial charge on any atom is -0.304 e. The van der Waals surface area contributed by atoms with Gasteiger partial charge in [0.2, 0.25) is 0 Å². The molecule has 1 atom stereocenters. The van der Waals surface area contributed by atoms with Crippen molar-refractivity contribution in [1.82, 2.24) is 4.90 Å². The van der Waals surface area contributed by atoms with Crippen molar-refractivity contribution in [2.75, 3.05) is 6.54 Å². The smallest absolute Gasteiger partial charge is 0.304 e. The number of amides is 1. The summed E-state index contributed by atoms with van der Waals surface area (Å²) in [5.41, 5.74) is 1.28. The van der Waals surface area contributed by atoms with Gasteiger partial charge in [0, 0.05) is 27.7 Å². The zero-order valence-corrected chi connectivity index (χ0v) is 15.2. The topological polar surface area (TPSA) is 41.7 Å². The van der Waals surface area contributed by atoms with E-state index < -0.39 is 6.04 Å². The van der Waals surface area contributed by atoms with E-state index in [9.17, 15) is 9.59 Å². The Morgan fingerprint density at radius 1 is 0.962 bits per heavy atom. The molecule has 0 saturated heterocycles. The van der Waals surface area contributed by atoms with Gasteiger partial charge in [0.1, 0.15) is 5.70 Å². The lowest BCUT2D eigenvalue weighted by molar-refractivity contribution is 0.0808. The van der Waals surface area contributed by atoms with Gasteiger partial charge in [0.25, 0.3) is 11.7 Å². The van der Waals surface area contributed by atoms with E-state index >= 15 is 0 Å². The lowest BCUT2D eigenvalue weighted by Crippen LogP contribution is -2.35. The Morgan fingerprint density at radius 3 is 2.04 bits per heavy atom. The van der Waals surface area contributed by atoms with E-state index in [1.807, 2.05) is 0 Å². The molecule has 0 radical (unpaired) electrons. The third-order valence-corrected chi connectivity index (χ3v) is 4.64. The van der Waals surface area contributed by atoms with Crippen molar-refractivity contribution < 1.29 is 9.59 Å². The van der Waals surface area contributed by atoms with E-state index in [0.29, 0.717) is 39.8 Å². The van der Waals surface area contributed by atoms with Gasteiger partial charge < -0.3 is 4.90 Å². The monoisotopic (exact) mass is 384 g/mol. The molecule has 0 fully saturated rings. The highest BCUT2D eigenvalue weighted by atomic mass is 35.5. The highest BCUT2D eigenvalue weighted by Crippen LogP contribution is 2.26. The fraction of sp³-hybridized carbons (Fsp3) is 0.150. The van der Waals surface area contributed by atoms with Crippen LogP contribution in [-0.2, 0) is 0 Å². The second kappa shape index (κ2) is 7.74. The third kappa shape index (κ3) is 3.65. The van der Waals surface area contributed by atoms with Crippen LogP contribution in [0.3, 0.4) is 0 Å². The lowest BCUT2D eigenvalue weighted by Gasteiger charge is -2.21. The van der Waals surface area contributed by atoms with Gasteiger partial charge in [-0.2, -0.15) is 0 Å². The number of nitrogens with zero attached hydrogens (tertiary/aromatic N) is 2. The first-order valence-corrected chi connectivity index (χ1v) is 8.70. The Morgan fingerprint density at radius 2 is 1.50 bits per heavy atom. The number of halogens is 2. The van der Waals surface area contributed by atoms with Crippen LogP contribution >= 0.6 is 23.2 Å². The van der Waals surface area contributed by atoms with Gasteiger partial charge in [-0.1, -0.05) is 29.3 Å². The standard InChI is InChI=1S/C20H14Cl2N2O2/c1-23-18(19(25)13-4-8-15(21)9-5-13)17-3-2-12-24(17)20(26)14-6-10-16(22)11-7-14/h3-11,18H,2,12H2. The van der Waals surface area contributed by atoms with Crippen molar-refractivity contribution >= 4 is 34.9 Å². The van der Waals surface area contributed by atoms with E-state index in [2.05, 4.69) is 4.85 Å². The summed E-state index contributed by atoms with van der Waals surface area (Å²) in [4.78, 5) is 30.6. The number of hydrogen-bond donors (Lipinski definition) is 0. The van der Waals surface area contributed by atoms with E-state index in [4.69, 9.17) is 29.8 Å². The molecule has 2 aromatic rings. The number of benzene rings is 2. The second-order valence-corrected chi connectivity index (χ2v) is 6.66. The Bertz CT molecular complexity index is 912. The number of rotatable bonds is 4. The molecule has 0 N–H and O–H groups in total. The van der Waals surface area contributed by atoms with Crippen molar-refractivity contribution in [3.63, 3.8) is 0 Å². The van der Waals surface area contributed by atoms with E-state index in [-0.39, 0.29) is 11.7 Å². The lowest BCUT2D eigenvalue weighted by atomic mass is 10.0. The van der Waals surface area contributed by atoms with Crippen LogP contribution in [0.2, 0.25) is 10.0 Å². The molecule has 3 rings (SSSR count). The van der Waals surface area contributed by atoms with E-state index in [0.717, 1.165) is 0 Å². The van der Waals surface area contributed by atoms with Gasteiger partial charge in [-0.15, -0.1) is 0 Å². The molecule has 4 nitrogen and oxygen atoms in total. The van der Waals surface area contributed by atoms with Crippen LogP contribution in [0, 0.1) is 6.57 Å². The van der Waals surface area contributed by atoms with Crippen LogP contribution in [0.5, 0.6) is 0 Å². The summed E-state index contributed by atoms with van der Waals surface area (Å²) in [6, 6.07) is 11.9. The SMILES string of the molecule is [C-]#[N+]C(C(=O)c1ccc(Cl)cc1)C1=CCCN1C(=O)c1ccc(Cl)cc1. The summed E-state index contributed by atoms with van der Waals surface area (Å²) in [7, 11) is 0. The molecule has 2 aromatic carbocycles. The average molecular weight is 385 g/mol. The van der Waals surface area contributed by atoms with Crippen LogP contribution in [0.25, 0.3) is 4.85 Å². The molecule has 26 heavy (non-hydrogen) atoms. The van der Waals surface area contributed by atoms with Crippen LogP contribution in [0.4, 0.5) is 0 Å². The second-order valence-electron chi connectivity index (χ2n) is 5.78. The summed E-state index contributed by atoms with van der Waals surface area (Å²) < 4.78 is 0.